The molecule has 0 amide bonds. The molecule has 164 valence electrons. The van der Waals surface area contributed by atoms with Gasteiger partial charge < -0.3 is 9.84 Å². The standard InChI is InChI=1S/C21H27F2N3O3S/c1-12-16(11-26-9-13(19(27)28)8-14(10-26)21(2,3)4)30-18(25-12)15-6-5-7-24-17(15)29-20(22)23/h5-7,13-14,20H,8-11H2,1-4H3,(H,27,28)/t13-,14-/m1/s1. The number of aliphatic carboxylic acids is 1. The number of alkyl halides is 2. The van der Waals surface area contributed by atoms with Gasteiger partial charge in [0.05, 0.1) is 17.2 Å². The first-order valence-corrected chi connectivity index (χ1v) is 10.7. The number of aryl methyl sites for hydroxylation is 1. The van der Waals surface area contributed by atoms with Crippen LogP contribution in [0.5, 0.6) is 5.88 Å². The molecule has 2 aromatic heterocycles. The van der Waals surface area contributed by atoms with Crippen molar-refractivity contribution < 1.29 is 23.4 Å². The van der Waals surface area contributed by atoms with Gasteiger partial charge in [-0.3, -0.25) is 9.69 Å². The number of rotatable bonds is 6. The SMILES string of the molecule is Cc1nc(-c2cccnc2OC(F)F)sc1CN1C[C@H](C(=O)O)C[C@@H](C(C)(C)C)C1. The molecule has 9 heteroatoms. The fraction of sp³-hybridized carbons (Fsp3) is 0.571. The van der Waals surface area contributed by atoms with Crippen molar-refractivity contribution in [1.82, 2.24) is 14.9 Å². The zero-order chi connectivity index (χ0) is 22.1. The van der Waals surface area contributed by atoms with Crippen LogP contribution in [-0.4, -0.2) is 45.6 Å². The molecule has 1 aliphatic rings. The number of halogens is 2. The van der Waals surface area contributed by atoms with Crippen molar-refractivity contribution in [2.45, 2.75) is 47.3 Å². The Morgan fingerprint density at radius 1 is 1.40 bits per heavy atom. The Balaban J connectivity index is 1.83. The number of carboxylic acid groups (broad SMARTS) is 1. The molecule has 2 atom stereocenters. The lowest BCUT2D eigenvalue weighted by Gasteiger charge is -2.42. The highest BCUT2D eigenvalue weighted by Gasteiger charge is 2.37. The number of piperidine rings is 1. The van der Waals surface area contributed by atoms with Crippen molar-refractivity contribution in [3.63, 3.8) is 0 Å². The average molecular weight is 440 g/mol. The van der Waals surface area contributed by atoms with Gasteiger partial charge >= 0.3 is 12.6 Å². The summed E-state index contributed by atoms with van der Waals surface area (Å²) < 4.78 is 30.0. The van der Waals surface area contributed by atoms with Gasteiger partial charge in [0.2, 0.25) is 5.88 Å². The van der Waals surface area contributed by atoms with E-state index < -0.39 is 18.5 Å². The first-order chi connectivity index (χ1) is 14.0. The molecule has 0 spiro atoms. The molecule has 1 fully saturated rings. The fourth-order valence-corrected chi connectivity index (χ4v) is 4.87. The molecule has 1 saturated heterocycles. The van der Waals surface area contributed by atoms with Crippen LogP contribution >= 0.6 is 11.3 Å². The number of aromatic nitrogens is 2. The number of hydrogen-bond donors (Lipinski definition) is 1. The third-order valence-electron chi connectivity index (χ3n) is 5.56. The molecule has 6 nitrogen and oxygen atoms in total. The maximum Gasteiger partial charge on any atom is 0.388 e. The molecule has 2 aromatic rings. The van der Waals surface area contributed by atoms with Crippen LogP contribution in [0.1, 0.15) is 37.8 Å². The second-order valence-electron chi connectivity index (χ2n) is 8.79. The van der Waals surface area contributed by atoms with Gasteiger partial charge in [-0.25, -0.2) is 9.97 Å². The highest BCUT2D eigenvalue weighted by atomic mass is 32.1. The molecule has 30 heavy (non-hydrogen) atoms. The molecule has 0 unspecified atom stereocenters. The number of ether oxygens (including phenoxy) is 1. The lowest BCUT2D eigenvalue weighted by Crippen LogP contribution is -2.46. The quantitative estimate of drug-likeness (QED) is 0.704. The summed E-state index contributed by atoms with van der Waals surface area (Å²) in [4.78, 5) is 23.3. The molecule has 0 radical (unpaired) electrons. The predicted molar refractivity (Wildman–Crippen MR) is 111 cm³/mol. The van der Waals surface area contributed by atoms with Crippen molar-refractivity contribution in [3.8, 4) is 16.5 Å². The Hall–Kier alpha value is -2.13. The summed E-state index contributed by atoms with van der Waals surface area (Å²) in [6.07, 6.45) is 2.07. The molecule has 1 N–H and O–H groups in total. The van der Waals surface area contributed by atoms with Crippen LogP contribution in [0.25, 0.3) is 10.6 Å². The number of nitrogens with zero attached hydrogens (tertiary/aromatic N) is 3. The van der Waals surface area contributed by atoms with E-state index >= 15 is 0 Å². The smallest absolute Gasteiger partial charge is 0.388 e. The second kappa shape index (κ2) is 8.93. The van der Waals surface area contributed by atoms with Crippen molar-refractivity contribution >= 4 is 17.3 Å². The summed E-state index contributed by atoms with van der Waals surface area (Å²) in [5, 5.41) is 10.2. The highest BCUT2D eigenvalue weighted by Crippen LogP contribution is 2.38. The van der Waals surface area contributed by atoms with E-state index in [9.17, 15) is 18.7 Å². The van der Waals surface area contributed by atoms with Gasteiger partial charge in [-0.1, -0.05) is 20.8 Å². The van der Waals surface area contributed by atoms with Crippen LogP contribution in [0.2, 0.25) is 0 Å². The summed E-state index contributed by atoms with van der Waals surface area (Å²) in [5.41, 5.74) is 1.23. The Bertz CT molecular complexity index is 898. The van der Waals surface area contributed by atoms with Crippen LogP contribution in [0.15, 0.2) is 18.3 Å². The van der Waals surface area contributed by atoms with Crippen LogP contribution in [-0.2, 0) is 11.3 Å². The van der Waals surface area contributed by atoms with Crippen molar-refractivity contribution in [3.05, 3.63) is 28.9 Å². The van der Waals surface area contributed by atoms with Crippen LogP contribution < -0.4 is 4.74 Å². The van der Waals surface area contributed by atoms with E-state index in [2.05, 4.69) is 40.4 Å². The normalized spacial score (nSPS) is 20.5. The molecular weight excluding hydrogens is 412 g/mol. The molecule has 3 heterocycles. The second-order valence-corrected chi connectivity index (χ2v) is 9.87. The number of likely N-dealkylation sites (tertiary alicyclic amines) is 1. The molecular formula is C21H27F2N3O3S. The minimum Gasteiger partial charge on any atom is -0.481 e. The predicted octanol–water partition coefficient (Wildman–Crippen LogP) is 4.68. The third-order valence-corrected chi connectivity index (χ3v) is 6.74. The summed E-state index contributed by atoms with van der Waals surface area (Å²) in [6, 6.07) is 3.31. The van der Waals surface area contributed by atoms with Gasteiger partial charge in [-0.15, -0.1) is 11.3 Å². The number of hydrogen-bond acceptors (Lipinski definition) is 6. The van der Waals surface area contributed by atoms with Crippen molar-refractivity contribution in [1.29, 1.82) is 0 Å². The van der Waals surface area contributed by atoms with Crippen LogP contribution in [0.4, 0.5) is 8.78 Å². The van der Waals surface area contributed by atoms with Gasteiger partial charge in [0.15, 0.2) is 0 Å². The Kier molecular flexibility index (Phi) is 6.71. The largest absolute Gasteiger partial charge is 0.481 e. The minimum atomic E-state index is -2.96. The first-order valence-electron chi connectivity index (χ1n) is 9.86. The summed E-state index contributed by atoms with van der Waals surface area (Å²) in [7, 11) is 0. The van der Waals surface area contributed by atoms with Crippen LogP contribution in [0, 0.1) is 24.2 Å². The van der Waals surface area contributed by atoms with E-state index in [1.165, 1.54) is 17.5 Å². The fourth-order valence-electron chi connectivity index (χ4n) is 3.75. The minimum absolute atomic E-state index is 0.0114. The number of pyridine rings is 1. The molecule has 3 rings (SSSR count). The van der Waals surface area contributed by atoms with E-state index in [1.807, 2.05) is 6.92 Å². The topological polar surface area (TPSA) is 75.6 Å². The van der Waals surface area contributed by atoms with Gasteiger partial charge in [0.1, 0.15) is 5.01 Å². The van der Waals surface area contributed by atoms with Gasteiger partial charge in [-0.2, -0.15) is 8.78 Å². The molecule has 0 aromatic carbocycles. The summed E-state index contributed by atoms with van der Waals surface area (Å²) in [6.45, 7) is 7.21. The highest BCUT2D eigenvalue weighted by molar-refractivity contribution is 7.15. The zero-order valence-corrected chi connectivity index (χ0v) is 18.4. The number of carboxylic acids is 1. The monoisotopic (exact) mass is 439 g/mol. The summed E-state index contributed by atoms with van der Waals surface area (Å²) >= 11 is 1.40. The number of thiazole rings is 1. The lowest BCUT2D eigenvalue weighted by molar-refractivity contribution is -0.145. The van der Waals surface area contributed by atoms with Gasteiger partial charge in [0.25, 0.3) is 0 Å². The maximum atomic E-state index is 12.7. The Labute approximate surface area is 178 Å². The number of carbonyl (C=O) groups is 1. The zero-order valence-electron chi connectivity index (χ0n) is 17.6. The average Bonchev–Trinajstić information content (AvgIpc) is 3.01. The molecule has 0 saturated carbocycles. The Morgan fingerprint density at radius 2 is 2.13 bits per heavy atom. The van der Waals surface area contributed by atoms with E-state index in [0.717, 1.165) is 17.1 Å². The van der Waals surface area contributed by atoms with E-state index in [-0.39, 0.29) is 17.2 Å². The van der Waals surface area contributed by atoms with E-state index in [4.69, 9.17) is 0 Å². The van der Waals surface area contributed by atoms with Gasteiger partial charge in [-0.05, 0) is 36.8 Å². The molecule has 1 aliphatic heterocycles. The lowest BCUT2D eigenvalue weighted by atomic mass is 9.73. The van der Waals surface area contributed by atoms with E-state index in [0.29, 0.717) is 30.1 Å². The molecule has 0 bridgehead atoms. The van der Waals surface area contributed by atoms with Crippen molar-refractivity contribution in [2.75, 3.05) is 13.1 Å². The summed E-state index contributed by atoms with van der Waals surface area (Å²) in [5.74, 6) is -1.05. The van der Waals surface area contributed by atoms with Crippen LogP contribution in [0.3, 0.4) is 0 Å². The van der Waals surface area contributed by atoms with Gasteiger partial charge in [0, 0.05) is 30.7 Å². The first kappa shape index (κ1) is 22.6. The third kappa shape index (κ3) is 5.31. The maximum absolute atomic E-state index is 12.7. The molecule has 0 aliphatic carbocycles. The van der Waals surface area contributed by atoms with E-state index in [1.54, 1.807) is 12.1 Å². The van der Waals surface area contributed by atoms with Crippen molar-refractivity contribution in [2.24, 2.45) is 17.3 Å². The Morgan fingerprint density at radius 3 is 2.77 bits per heavy atom.